The van der Waals surface area contributed by atoms with Crippen molar-refractivity contribution in [3.05, 3.63) is 59.7 Å². The standard InChI is InChI=1S/C21H24N2O2/c1-21-11-12-22(2)20(21)23(3)18-10-9-16(14-17(18)21)25-19(24)13-15-7-5-4-6-8-15/h4-10,14,20H,11-13H2,1-3H3/t20?,21-/m0/s1. The van der Waals surface area contributed by atoms with Crippen LogP contribution in [0.4, 0.5) is 5.69 Å². The monoisotopic (exact) mass is 336 g/mol. The summed E-state index contributed by atoms with van der Waals surface area (Å²) in [6, 6.07) is 15.8. The number of likely N-dealkylation sites (N-methyl/N-ethyl adjacent to an activating group) is 2. The number of carbonyl (C=O) groups is 1. The van der Waals surface area contributed by atoms with Crippen molar-refractivity contribution in [2.24, 2.45) is 0 Å². The predicted octanol–water partition coefficient (Wildman–Crippen LogP) is 3.20. The number of esters is 1. The van der Waals surface area contributed by atoms with Crippen LogP contribution in [-0.4, -0.2) is 37.7 Å². The van der Waals surface area contributed by atoms with Gasteiger partial charge in [0.1, 0.15) is 5.75 Å². The van der Waals surface area contributed by atoms with Crippen molar-refractivity contribution in [3.63, 3.8) is 0 Å². The van der Waals surface area contributed by atoms with Crippen LogP contribution in [0.15, 0.2) is 48.5 Å². The average molecular weight is 336 g/mol. The van der Waals surface area contributed by atoms with E-state index in [0.717, 1.165) is 18.5 Å². The van der Waals surface area contributed by atoms with E-state index >= 15 is 0 Å². The number of hydrogen-bond acceptors (Lipinski definition) is 4. The van der Waals surface area contributed by atoms with Crippen LogP contribution in [0.3, 0.4) is 0 Å². The van der Waals surface area contributed by atoms with Gasteiger partial charge in [-0.2, -0.15) is 0 Å². The minimum atomic E-state index is -0.220. The highest BCUT2D eigenvalue weighted by Crippen LogP contribution is 2.51. The zero-order chi connectivity index (χ0) is 17.6. The predicted molar refractivity (Wildman–Crippen MR) is 99.0 cm³/mol. The maximum absolute atomic E-state index is 12.3. The lowest BCUT2D eigenvalue weighted by Gasteiger charge is -2.32. The van der Waals surface area contributed by atoms with Gasteiger partial charge in [-0.15, -0.1) is 0 Å². The highest BCUT2D eigenvalue weighted by molar-refractivity contribution is 5.76. The van der Waals surface area contributed by atoms with E-state index in [-0.39, 0.29) is 11.4 Å². The molecular weight excluding hydrogens is 312 g/mol. The Bertz CT molecular complexity index is 805. The molecule has 0 spiro atoms. The van der Waals surface area contributed by atoms with Crippen molar-refractivity contribution in [1.29, 1.82) is 0 Å². The molecule has 2 aromatic rings. The van der Waals surface area contributed by atoms with E-state index in [4.69, 9.17) is 4.74 Å². The molecule has 1 fully saturated rings. The third kappa shape index (κ3) is 2.61. The first kappa shape index (κ1) is 16.2. The lowest BCUT2D eigenvalue weighted by molar-refractivity contribution is -0.133. The van der Waals surface area contributed by atoms with Crippen LogP contribution in [0.2, 0.25) is 0 Å². The number of anilines is 1. The summed E-state index contributed by atoms with van der Waals surface area (Å²) >= 11 is 0. The quantitative estimate of drug-likeness (QED) is 0.636. The summed E-state index contributed by atoms with van der Waals surface area (Å²) in [5.74, 6) is 0.423. The van der Waals surface area contributed by atoms with Crippen molar-refractivity contribution in [2.45, 2.75) is 31.3 Å². The zero-order valence-electron chi connectivity index (χ0n) is 15.0. The molecule has 2 aliphatic heterocycles. The Morgan fingerprint density at radius 1 is 1.20 bits per heavy atom. The molecule has 130 valence electrons. The van der Waals surface area contributed by atoms with Gasteiger partial charge in [0, 0.05) is 24.7 Å². The molecule has 0 radical (unpaired) electrons. The molecule has 2 heterocycles. The van der Waals surface area contributed by atoms with Gasteiger partial charge in [-0.3, -0.25) is 9.69 Å². The SMILES string of the molecule is CN1CC[C@@]2(C)c3cc(OC(=O)Cc4ccccc4)ccc3N(C)C12. The van der Waals surface area contributed by atoms with Crippen molar-refractivity contribution < 1.29 is 9.53 Å². The molecule has 4 nitrogen and oxygen atoms in total. The van der Waals surface area contributed by atoms with E-state index in [9.17, 15) is 4.79 Å². The largest absolute Gasteiger partial charge is 0.426 e. The fourth-order valence-corrected chi connectivity index (χ4v) is 4.55. The Hall–Kier alpha value is -2.33. The van der Waals surface area contributed by atoms with Gasteiger partial charge >= 0.3 is 5.97 Å². The maximum Gasteiger partial charge on any atom is 0.315 e. The molecular formula is C21H24N2O2. The highest BCUT2D eigenvalue weighted by Gasteiger charge is 2.52. The van der Waals surface area contributed by atoms with Gasteiger partial charge in [-0.05, 0) is 42.8 Å². The van der Waals surface area contributed by atoms with E-state index in [1.807, 2.05) is 36.4 Å². The molecule has 0 N–H and O–H groups in total. The molecule has 0 saturated carbocycles. The van der Waals surface area contributed by atoms with E-state index in [0.29, 0.717) is 18.3 Å². The normalized spacial score (nSPS) is 24.9. The van der Waals surface area contributed by atoms with Crippen molar-refractivity contribution in [3.8, 4) is 5.75 Å². The Balaban J connectivity index is 1.56. The van der Waals surface area contributed by atoms with Gasteiger partial charge in [-0.1, -0.05) is 37.3 Å². The minimum absolute atomic E-state index is 0.0840. The third-order valence-corrected chi connectivity index (χ3v) is 5.72. The number of likely N-dealkylation sites (tertiary alicyclic amines) is 1. The first-order chi connectivity index (χ1) is 12.0. The van der Waals surface area contributed by atoms with Crippen molar-refractivity contribution >= 4 is 11.7 Å². The van der Waals surface area contributed by atoms with Gasteiger partial charge in [-0.25, -0.2) is 0 Å². The van der Waals surface area contributed by atoms with Crippen molar-refractivity contribution in [1.82, 2.24) is 4.90 Å². The van der Waals surface area contributed by atoms with Gasteiger partial charge in [0.2, 0.25) is 0 Å². The zero-order valence-corrected chi connectivity index (χ0v) is 15.0. The van der Waals surface area contributed by atoms with E-state index in [1.165, 1.54) is 11.3 Å². The average Bonchev–Trinajstić information content (AvgIpc) is 3.01. The van der Waals surface area contributed by atoms with Crippen LogP contribution >= 0.6 is 0 Å². The third-order valence-electron chi connectivity index (χ3n) is 5.72. The van der Waals surface area contributed by atoms with E-state index < -0.39 is 0 Å². The molecule has 4 heteroatoms. The number of hydrogen-bond donors (Lipinski definition) is 0. The second-order valence-electron chi connectivity index (χ2n) is 7.45. The number of rotatable bonds is 3. The van der Waals surface area contributed by atoms with Crippen molar-refractivity contribution in [2.75, 3.05) is 25.5 Å². The van der Waals surface area contributed by atoms with Crippen LogP contribution < -0.4 is 9.64 Å². The summed E-state index contributed by atoms with van der Waals surface area (Å²) in [6.07, 6.45) is 1.78. The molecule has 2 aliphatic rings. The molecule has 4 rings (SSSR count). The topological polar surface area (TPSA) is 32.8 Å². The number of ether oxygens (including phenoxy) is 1. The number of fused-ring (bicyclic) bond motifs is 3. The van der Waals surface area contributed by atoms with Crippen LogP contribution in [0.25, 0.3) is 0 Å². The molecule has 1 unspecified atom stereocenters. The van der Waals surface area contributed by atoms with Gasteiger partial charge < -0.3 is 9.64 Å². The first-order valence-electron chi connectivity index (χ1n) is 8.81. The highest BCUT2D eigenvalue weighted by atomic mass is 16.5. The van der Waals surface area contributed by atoms with Crippen LogP contribution in [0, 0.1) is 0 Å². The molecule has 2 atom stereocenters. The summed E-state index contributed by atoms with van der Waals surface area (Å²) in [5, 5.41) is 0. The summed E-state index contributed by atoms with van der Waals surface area (Å²) in [5.41, 5.74) is 3.58. The number of benzene rings is 2. The molecule has 0 bridgehead atoms. The first-order valence-corrected chi connectivity index (χ1v) is 8.81. The second-order valence-corrected chi connectivity index (χ2v) is 7.45. The Morgan fingerprint density at radius 3 is 2.72 bits per heavy atom. The Labute approximate surface area is 149 Å². The summed E-state index contributed by atoms with van der Waals surface area (Å²) in [7, 11) is 4.33. The molecule has 1 saturated heterocycles. The molecule has 25 heavy (non-hydrogen) atoms. The fraction of sp³-hybridized carbons (Fsp3) is 0.381. The fourth-order valence-electron chi connectivity index (χ4n) is 4.55. The smallest absolute Gasteiger partial charge is 0.315 e. The van der Waals surface area contributed by atoms with Gasteiger partial charge in [0.15, 0.2) is 0 Å². The molecule has 0 amide bonds. The number of nitrogens with zero attached hydrogens (tertiary/aromatic N) is 2. The molecule has 0 aromatic heterocycles. The Morgan fingerprint density at radius 2 is 1.96 bits per heavy atom. The van der Waals surface area contributed by atoms with E-state index in [2.05, 4.69) is 43.0 Å². The Kier molecular flexibility index (Phi) is 3.80. The van der Waals surface area contributed by atoms with Gasteiger partial charge in [0.25, 0.3) is 0 Å². The molecule has 0 aliphatic carbocycles. The van der Waals surface area contributed by atoms with Crippen LogP contribution in [0.5, 0.6) is 5.75 Å². The minimum Gasteiger partial charge on any atom is -0.426 e. The number of carbonyl (C=O) groups excluding carboxylic acids is 1. The van der Waals surface area contributed by atoms with Crippen LogP contribution in [0.1, 0.15) is 24.5 Å². The summed E-state index contributed by atoms with van der Waals surface area (Å²) in [6.45, 7) is 3.40. The summed E-state index contributed by atoms with van der Waals surface area (Å²) in [4.78, 5) is 17.0. The lowest BCUT2D eigenvalue weighted by atomic mass is 9.81. The maximum atomic E-state index is 12.3. The van der Waals surface area contributed by atoms with Gasteiger partial charge in [0.05, 0.1) is 12.6 Å². The van der Waals surface area contributed by atoms with Crippen LogP contribution in [-0.2, 0) is 16.6 Å². The summed E-state index contributed by atoms with van der Waals surface area (Å²) < 4.78 is 5.63. The molecule has 2 aromatic carbocycles. The van der Waals surface area contributed by atoms with E-state index in [1.54, 1.807) is 0 Å². The second kappa shape index (κ2) is 5.88. The lowest BCUT2D eigenvalue weighted by Crippen LogP contribution is -2.45.